The van der Waals surface area contributed by atoms with Gasteiger partial charge in [0, 0.05) is 19.0 Å². The van der Waals surface area contributed by atoms with E-state index in [1.165, 1.54) is 6.07 Å². The Balaban J connectivity index is 1.78. The highest BCUT2D eigenvalue weighted by Crippen LogP contribution is 2.24. The second-order valence-electron chi connectivity index (χ2n) is 5.63. The van der Waals surface area contributed by atoms with Crippen LogP contribution < -0.4 is 0 Å². The maximum atomic E-state index is 12.7. The van der Waals surface area contributed by atoms with E-state index in [9.17, 15) is 14.7 Å². The first-order valence-corrected chi connectivity index (χ1v) is 7.92. The summed E-state index contributed by atoms with van der Waals surface area (Å²) in [6, 6.07) is 11.0. The monoisotopic (exact) mass is 329 g/mol. The number of carbonyl (C=O) groups excluding carboxylic acids is 1. The first kappa shape index (κ1) is 16.3. The molecule has 6 heteroatoms. The minimum absolute atomic E-state index is 0.0497. The molecule has 0 bridgehead atoms. The number of carboxylic acids is 1. The molecule has 1 N–H and O–H groups in total. The third kappa shape index (κ3) is 3.19. The summed E-state index contributed by atoms with van der Waals surface area (Å²) in [4.78, 5) is 25.5. The maximum absolute atomic E-state index is 12.7. The molecule has 3 rings (SSSR count). The largest absolute Gasteiger partial charge is 0.478 e. The topological polar surface area (TPSA) is 80.0 Å². The highest BCUT2D eigenvalue weighted by Gasteiger charge is 2.29. The molecule has 0 spiro atoms. The molecule has 1 amide bonds. The summed E-state index contributed by atoms with van der Waals surface area (Å²) >= 11 is 0. The zero-order chi connectivity index (χ0) is 17.1. The summed E-state index contributed by atoms with van der Waals surface area (Å²) in [5.41, 5.74) is 1.06. The molecule has 126 valence electrons. The molecule has 24 heavy (non-hydrogen) atoms. The van der Waals surface area contributed by atoms with Gasteiger partial charge in [-0.25, -0.2) is 4.79 Å². The van der Waals surface area contributed by atoms with E-state index in [-0.39, 0.29) is 23.3 Å². The number of nitrogens with zero attached hydrogens (tertiary/aromatic N) is 1. The molecule has 1 atom stereocenters. The fourth-order valence-electron chi connectivity index (χ4n) is 2.84. The Morgan fingerprint density at radius 1 is 1.29 bits per heavy atom. The molecule has 0 saturated carbocycles. The summed E-state index contributed by atoms with van der Waals surface area (Å²) in [6.45, 7) is 3.08. The van der Waals surface area contributed by atoms with Crippen molar-refractivity contribution in [1.29, 1.82) is 0 Å². The smallest absolute Gasteiger partial charge is 0.339 e. The van der Waals surface area contributed by atoms with Gasteiger partial charge in [0.15, 0.2) is 5.76 Å². The molecule has 2 aromatic rings. The Morgan fingerprint density at radius 3 is 2.67 bits per heavy atom. The molecule has 2 heterocycles. The Bertz CT molecular complexity index is 737. The number of morpholine rings is 1. The molecule has 0 aliphatic carbocycles. The van der Waals surface area contributed by atoms with E-state index in [1.807, 2.05) is 30.3 Å². The normalized spacial score (nSPS) is 17.7. The van der Waals surface area contributed by atoms with Gasteiger partial charge in [-0.15, -0.1) is 0 Å². The van der Waals surface area contributed by atoms with Gasteiger partial charge < -0.3 is 19.2 Å². The highest BCUT2D eigenvalue weighted by molar-refractivity contribution is 5.96. The van der Waals surface area contributed by atoms with Gasteiger partial charge in [-0.3, -0.25) is 4.79 Å². The predicted octanol–water partition coefficient (Wildman–Crippen LogP) is 2.75. The van der Waals surface area contributed by atoms with Crippen molar-refractivity contribution in [3.63, 3.8) is 0 Å². The van der Waals surface area contributed by atoms with Gasteiger partial charge in [0.2, 0.25) is 0 Å². The molecular formula is C18H19NO5. The zero-order valence-corrected chi connectivity index (χ0v) is 13.4. The quantitative estimate of drug-likeness (QED) is 0.933. The predicted molar refractivity (Wildman–Crippen MR) is 86.1 cm³/mol. The lowest BCUT2D eigenvalue weighted by molar-refractivity contribution is -0.0238. The van der Waals surface area contributed by atoms with Crippen molar-refractivity contribution >= 4 is 11.9 Å². The van der Waals surface area contributed by atoms with E-state index in [4.69, 9.17) is 9.15 Å². The summed E-state index contributed by atoms with van der Waals surface area (Å²) in [6.07, 6.45) is 0.230. The number of aryl methyl sites for hydroxylation is 1. The van der Waals surface area contributed by atoms with Crippen LogP contribution in [0.25, 0.3) is 0 Å². The average Bonchev–Trinajstić information content (AvgIpc) is 3.06. The molecule has 1 aliphatic rings. The summed E-state index contributed by atoms with van der Waals surface area (Å²) in [5, 5.41) is 9.19. The molecule has 1 aliphatic heterocycles. The van der Waals surface area contributed by atoms with Crippen LogP contribution in [0.1, 0.15) is 45.3 Å². The number of benzene rings is 1. The molecular weight excluding hydrogens is 310 g/mol. The first-order chi connectivity index (χ1) is 11.6. The number of ether oxygens (including phenoxy) is 1. The van der Waals surface area contributed by atoms with Crippen LogP contribution >= 0.6 is 0 Å². The standard InChI is InChI=1S/C18H19NO5/c1-2-14-13(18(21)22)10-15(24-14)17(20)19-8-9-23-16(11-19)12-6-4-3-5-7-12/h3-7,10,16H,2,8-9,11H2,1H3,(H,21,22). The molecule has 6 nitrogen and oxygen atoms in total. The van der Waals surface area contributed by atoms with Gasteiger partial charge >= 0.3 is 5.97 Å². The number of hydrogen-bond acceptors (Lipinski definition) is 4. The fourth-order valence-corrected chi connectivity index (χ4v) is 2.84. The molecule has 1 aromatic carbocycles. The summed E-state index contributed by atoms with van der Waals surface area (Å²) in [5.74, 6) is -1.00. The number of furan rings is 1. The van der Waals surface area contributed by atoms with Crippen LogP contribution in [0.3, 0.4) is 0 Å². The van der Waals surface area contributed by atoms with Crippen molar-refractivity contribution < 1.29 is 23.8 Å². The molecule has 1 saturated heterocycles. The lowest BCUT2D eigenvalue weighted by atomic mass is 10.1. The average molecular weight is 329 g/mol. The van der Waals surface area contributed by atoms with Gasteiger partial charge in [-0.1, -0.05) is 37.3 Å². The van der Waals surface area contributed by atoms with Crippen LogP contribution in [-0.2, 0) is 11.2 Å². The third-order valence-electron chi connectivity index (χ3n) is 4.10. The van der Waals surface area contributed by atoms with Gasteiger partial charge in [0.1, 0.15) is 17.4 Å². The second kappa shape index (κ2) is 6.88. The van der Waals surface area contributed by atoms with Crippen LogP contribution in [-0.4, -0.2) is 41.6 Å². The van der Waals surface area contributed by atoms with E-state index < -0.39 is 5.97 Å². The Morgan fingerprint density at radius 2 is 2.04 bits per heavy atom. The van der Waals surface area contributed by atoms with Gasteiger partial charge in [0.05, 0.1) is 13.2 Å². The number of amides is 1. The van der Waals surface area contributed by atoms with E-state index in [0.29, 0.717) is 31.9 Å². The van der Waals surface area contributed by atoms with E-state index in [0.717, 1.165) is 5.56 Å². The van der Waals surface area contributed by atoms with Crippen molar-refractivity contribution in [2.75, 3.05) is 19.7 Å². The van der Waals surface area contributed by atoms with Gasteiger partial charge in [-0.05, 0) is 5.56 Å². The number of rotatable bonds is 4. The van der Waals surface area contributed by atoms with Crippen LogP contribution in [0.15, 0.2) is 40.8 Å². The zero-order valence-electron chi connectivity index (χ0n) is 13.4. The van der Waals surface area contributed by atoms with Crippen LogP contribution in [0.2, 0.25) is 0 Å². The Labute approximate surface area is 139 Å². The Kier molecular flexibility index (Phi) is 4.66. The van der Waals surface area contributed by atoms with Crippen LogP contribution in [0.4, 0.5) is 0 Å². The lowest BCUT2D eigenvalue weighted by Crippen LogP contribution is -2.42. The molecule has 1 unspecified atom stereocenters. The summed E-state index contributed by atoms with van der Waals surface area (Å²) < 4.78 is 11.2. The van der Waals surface area contributed by atoms with Crippen molar-refractivity contribution in [1.82, 2.24) is 4.90 Å². The van der Waals surface area contributed by atoms with Gasteiger partial charge in [0.25, 0.3) is 5.91 Å². The SMILES string of the molecule is CCc1oc(C(=O)N2CCOC(c3ccccc3)C2)cc1C(=O)O. The first-order valence-electron chi connectivity index (χ1n) is 7.92. The van der Waals surface area contributed by atoms with Crippen molar-refractivity contribution in [3.05, 3.63) is 59.0 Å². The fraction of sp³-hybridized carbons (Fsp3) is 0.333. The van der Waals surface area contributed by atoms with Crippen LogP contribution in [0, 0.1) is 0 Å². The third-order valence-corrected chi connectivity index (χ3v) is 4.10. The number of carboxylic acid groups (broad SMARTS) is 1. The van der Waals surface area contributed by atoms with Crippen LogP contribution in [0.5, 0.6) is 0 Å². The summed E-state index contributed by atoms with van der Waals surface area (Å²) in [7, 11) is 0. The van der Waals surface area contributed by atoms with Crippen molar-refractivity contribution in [3.8, 4) is 0 Å². The van der Waals surface area contributed by atoms with E-state index >= 15 is 0 Å². The Hall–Kier alpha value is -2.60. The maximum Gasteiger partial charge on any atom is 0.339 e. The second-order valence-corrected chi connectivity index (χ2v) is 5.63. The highest BCUT2D eigenvalue weighted by atomic mass is 16.5. The van der Waals surface area contributed by atoms with Crippen molar-refractivity contribution in [2.45, 2.75) is 19.4 Å². The number of aromatic carboxylic acids is 1. The van der Waals surface area contributed by atoms with Crippen molar-refractivity contribution in [2.24, 2.45) is 0 Å². The van der Waals surface area contributed by atoms with Gasteiger partial charge in [-0.2, -0.15) is 0 Å². The lowest BCUT2D eigenvalue weighted by Gasteiger charge is -2.32. The molecule has 0 radical (unpaired) electrons. The van der Waals surface area contributed by atoms with E-state index in [2.05, 4.69) is 0 Å². The molecule has 1 fully saturated rings. The van der Waals surface area contributed by atoms with E-state index in [1.54, 1.807) is 11.8 Å². The number of carbonyl (C=O) groups is 2. The molecule has 1 aromatic heterocycles. The number of hydrogen-bond donors (Lipinski definition) is 1. The minimum atomic E-state index is -1.08. The minimum Gasteiger partial charge on any atom is -0.478 e.